The SMILES string of the molecule is C.C.C=c1s/c(=C2/S/C(=c3/sc(=C)c4c3OCCO4)C3OCCOC23)c2c1OCCO2.Cc1sc(C2=C3OCCOC3C(c3sc(C)c4c3OCCO4)S2)c2c1OCCO2. The van der Waals surface area contributed by atoms with Crippen LogP contribution in [0.2, 0.25) is 0 Å². The van der Waals surface area contributed by atoms with Gasteiger partial charge in [-0.25, -0.2) is 0 Å². The molecule has 3 saturated heterocycles. The monoisotopic (exact) mass is 934 g/mol. The molecule has 12 heterocycles. The Hall–Kier alpha value is -3.20. The summed E-state index contributed by atoms with van der Waals surface area (Å²) >= 11 is 10.0. The van der Waals surface area contributed by atoms with Crippen molar-refractivity contribution in [1.29, 1.82) is 0 Å². The number of ether oxygens (including phenoxy) is 12. The van der Waals surface area contributed by atoms with Gasteiger partial charge in [0.05, 0.1) is 57.9 Å². The molecule has 0 saturated carbocycles. The van der Waals surface area contributed by atoms with Gasteiger partial charge >= 0.3 is 0 Å². The number of fused-ring (bicyclic) bond motifs is 6. The maximum Gasteiger partial charge on any atom is 0.180 e. The van der Waals surface area contributed by atoms with Gasteiger partial charge in [-0.15, -0.1) is 57.1 Å². The third-order valence-electron chi connectivity index (χ3n) is 10.3. The van der Waals surface area contributed by atoms with Crippen molar-refractivity contribution in [3.05, 3.63) is 43.4 Å². The number of hydrogen-bond donors (Lipinski definition) is 0. The standard InChI is InChI=1S/C20H20O6S3.C20H18O6S3.2CH4/c2*1-9-11-13(23-5-3-21-11)17(27-9)19-15-16(26-8-7-25-15)20(29-19)18-14-12(10(2)28-18)22-4-6-24-14;;/h15,19H,3-8H2,1-2H3;15-16H,1-8H2;2*1H4/b;19-17+,20-18+;;. The molecule has 0 aromatic carbocycles. The lowest BCUT2D eigenvalue weighted by Gasteiger charge is -2.27. The quantitative estimate of drug-likeness (QED) is 0.220. The Labute approximate surface area is 372 Å². The molecule has 12 rings (SSSR count). The van der Waals surface area contributed by atoms with Gasteiger partial charge in [0, 0.05) is 19.6 Å². The second-order valence-corrected chi connectivity index (χ2v) is 20.9. The van der Waals surface area contributed by atoms with Crippen LogP contribution in [0.3, 0.4) is 0 Å². The third-order valence-corrected chi connectivity index (χ3v) is 17.9. The molecule has 18 heteroatoms. The molecular weight excluding hydrogens is 889 g/mol. The number of thioether (sulfide) groups is 2. The smallest absolute Gasteiger partial charge is 0.180 e. The maximum atomic E-state index is 6.21. The van der Waals surface area contributed by atoms with Crippen LogP contribution in [0, 0.1) is 13.8 Å². The van der Waals surface area contributed by atoms with E-state index in [1.807, 2.05) is 0 Å². The average Bonchev–Trinajstić information content (AvgIpc) is 4.12. The first kappa shape index (κ1) is 42.1. The molecule has 12 nitrogen and oxygen atoms in total. The molecule has 8 aliphatic heterocycles. The van der Waals surface area contributed by atoms with Crippen LogP contribution in [0.5, 0.6) is 46.0 Å². The van der Waals surface area contributed by atoms with Gasteiger partial charge in [-0.3, -0.25) is 0 Å². The molecule has 0 aliphatic carbocycles. The van der Waals surface area contributed by atoms with E-state index in [1.54, 1.807) is 68.9 Å². The molecule has 3 fully saturated rings. The van der Waals surface area contributed by atoms with Crippen molar-refractivity contribution >= 4 is 96.7 Å². The summed E-state index contributed by atoms with van der Waals surface area (Å²) in [7, 11) is 0. The van der Waals surface area contributed by atoms with Gasteiger partial charge < -0.3 is 56.8 Å². The Morgan fingerprint density at radius 3 is 1.47 bits per heavy atom. The number of thiophene rings is 4. The van der Waals surface area contributed by atoms with E-state index in [0.717, 1.165) is 104 Å². The Bertz CT molecular complexity index is 2470. The summed E-state index contributed by atoms with van der Waals surface area (Å²) in [5.41, 5.74) is 0. The fraction of sp³-hybridized carbons (Fsp3) is 0.476. The van der Waals surface area contributed by atoms with E-state index in [4.69, 9.17) is 56.8 Å². The van der Waals surface area contributed by atoms with Crippen LogP contribution in [0.1, 0.15) is 39.6 Å². The highest BCUT2D eigenvalue weighted by Gasteiger charge is 2.47. The fourth-order valence-electron chi connectivity index (χ4n) is 7.94. The molecule has 60 heavy (non-hydrogen) atoms. The highest BCUT2D eigenvalue weighted by molar-refractivity contribution is 8.16. The molecule has 0 spiro atoms. The highest BCUT2D eigenvalue weighted by Crippen LogP contribution is 2.63. The second kappa shape index (κ2) is 17.2. The Kier molecular flexibility index (Phi) is 12.1. The normalized spacial score (nSPS) is 26.1. The molecule has 0 amide bonds. The number of rotatable bonds is 2. The predicted molar refractivity (Wildman–Crippen MR) is 241 cm³/mol. The van der Waals surface area contributed by atoms with Gasteiger partial charge in [-0.1, -0.05) is 39.8 Å². The summed E-state index contributed by atoms with van der Waals surface area (Å²) in [5.74, 6) is 7.39. The van der Waals surface area contributed by atoms with Crippen molar-refractivity contribution in [1.82, 2.24) is 0 Å². The second-order valence-electron chi connectivity index (χ2n) is 13.9. The molecule has 4 unspecified atom stereocenters. The zero-order valence-electron chi connectivity index (χ0n) is 31.6. The average molecular weight is 935 g/mol. The summed E-state index contributed by atoms with van der Waals surface area (Å²) in [6.07, 6.45) is -0.516. The van der Waals surface area contributed by atoms with Crippen LogP contribution in [0.4, 0.5) is 0 Å². The number of aryl methyl sites for hydroxylation is 2. The van der Waals surface area contributed by atoms with E-state index < -0.39 is 0 Å². The molecule has 4 atom stereocenters. The van der Waals surface area contributed by atoms with E-state index in [1.165, 1.54) is 0 Å². The first-order valence-electron chi connectivity index (χ1n) is 19.0. The summed E-state index contributed by atoms with van der Waals surface area (Å²) < 4.78 is 75.8. The summed E-state index contributed by atoms with van der Waals surface area (Å²) in [4.78, 5) is 7.76. The lowest BCUT2D eigenvalue weighted by atomic mass is 10.1. The lowest BCUT2D eigenvalue weighted by molar-refractivity contribution is -0.0885. The van der Waals surface area contributed by atoms with E-state index in [0.29, 0.717) is 79.3 Å². The van der Waals surface area contributed by atoms with Gasteiger partial charge in [0.25, 0.3) is 0 Å². The predicted octanol–water partition coefficient (Wildman–Crippen LogP) is 6.43. The van der Waals surface area contributed by atoms with E-state index in [2.05, 4.69) is 27.0 Å². The minimum atomic E-state index is -0.188. The van der Waals surface area contributed by atoms with Gasteiger partial charge in [0.2, 0.25) is 0 Å². The maximum absolute atomic E-state index is 6.21. The van der Waals surface area contributed by atoms with Crippen LogP contribution in [-0.2, 0) is 18.9 Å². The van der Waals surface area contributed by atoms with Crippen molar-refractivity contribution in [3.63, 3.8) is 0 Å². The zero-order chi connectivity index (χ0) is 39.1. The lowest BCUT2D eigenvalue weighted by Crippen LogP contribution is -2.37. The Morgan fingerprint density at radius 2 is 0.883 bits per heavy atom. The fourth-order valence-corrected chi connectivity index (χ4v) is 15.5. The van der Waals surface area contributed by atoms with Crippen LogP contribution in [-0.4, -0.2) is 97.6 Å². The van der Waals surface area contributed by atoms with Crippen molar-refractivity contribution in [2.24, 2.45) is 0 Å². The Morgan fingerprint density at radius 1 is 0.450 bits per heavy atom. The molecule has 8 aliphatic rings. The minimum absolute atomic E-state index is 0. The van der Waals surface area contributed by atoms with Gasteiger partial charge in [-0.05, 0) is 13.8 Å². The van der Waals surface area contributed by atoms with E-state index in [9.17, 15) is 0 Å². The molecular formula is C42H46O12S6. The van der Waals surface area contributed by atoms with Crippen LogP contribution in [0.15, 0.2) is 5.76 Å². The zero-order valence-corrected chi connectivity index (χ0v) is 36.5. The summed E-state index contributed by atoms with van der Waals surface area (Å²) in [6.45, 7) is 19.2. The van der Waals surface area contributed by atoms with Crippen molar-refractivity contribution in [2.45, 2.75) is 52.3 Å². The van der Waals surface area contributed by atoms with Crippen LogP contribution >= 0.6 is 68.9 Å². The van der Waals surface area contributed by atoms with Gasteiger partial charge in [0.15, 0.2) is 46.0 Å². The molecule has 322 valence electrons. The van der Waals surface area contributed by atoms with Gasteiger partial charge in [0.1, 0.15) is 83.5 Å². The van der Waals surface area contributed by atoms with Crippen molar-refractivity contribution in [2.75, 3.05) is 79.3 Å². The molecule has 4 aromatic heterocycles. The Balaban J connectivity index is 0.000000149. The third kappa shape index (κ3) is 6.97. The van der Waals surface area contributed by atoms with Crippen LogP contribution in [0.25, 0.3) is 27.9 Å². The molecule has 0 N–H and O–H groups in total. The first-order chi connectivity index (χ1) is 28.4. The highest BCUT2D eigenvalue weighted by atomic mass is 32.2. The molecule has 4 aromatic rings. The topological polar surface area (TPSA) is 111 Å². The largest absolute Gasteiger partial charge is 0.491 e. The number of hydrogen-bond acceptors (Lipinski definition) is 18. The van der Waals surface area contributed by atoms with Crippen molar-refractivity contribution in [3.8, 4) is 46.0 Å². The van der Waals surface area contributed by atoms with E-state index >= 15 is 0 Å². The van der Waals surface area contributed by atoms with E-state index in [-0.39, 0.29) is 38.4 Å². The minimum Gasteiger partial charge on any atom is -0.491 e. The van der Waals surface area contributed by atoms with Crippen LogP contribution < -0.4 is 56.0 Å². The first-order valence-corrected chi connectivity index (χ1v) is 24.0. The van der Waals surface area contributed by atoms with Gasteiger partial charge in [-0.2, -0.15) is 0 Å². The summed E-state index contributed by atoms with van der Waals surface area (Å²) in [5, 5.41) is 0.0667. The molecule has 0 radical (unpaired) electrons. The summed E-state index contributed by atoms with van der Waals surface area (Å²) in [6, 6.07) is 0. The molecule has 0 bridgehead atoms. The van der Waals surface area contributed by atoms with Crippen molar-refractivity contribution < 1.29 is 56.8 Å².